The molecule has 118 valence electrons. The first-order valence-electron chi connectivity index (χ1n) is 7.39. The molecule has 3 rings (SSSR count). The Morgan fingerprint density at radius 1 is 1.26 bits per heavy atom. The highest BCUT2D eigenvalue weighted by Gasteiger charge is 2.26. The number of halogens is 1. The van der Waals surface area contributed by atoms with Crippen molar-refractivity contribution >= 4 is 23.5 Å². The number of hydrogen-bond donors (Lipinski definition) is 2. The zero-order valence-electron chi connectivity index (χ0n) is 12.6. The summed E-state index contributed by atoms with van der Waals surface area (Å²) in [5.74, 6) is -1.20. The van der Waals surface area contributed by atoms with Crippen LogP contribution in [0.25, 0.3) is 0 Å². The summed E-state index contributed by atoms with van der Waals surface area (Å²) in [6, 6.07) is 10.2. The van der Waals surface area contributed by atoms with Gasteiger partial charge in [-0.25, -0.2) is 4.79 Å². The summed E-state index contributed by atoms with van der Waals surface area (Å²) in [5.41, 5.74) is 3.47. The fourth-order valence-corrected chi connectivity index (χ4v) is 3.34. The molecule has 1 aliphatic rings. The Morgan fingerprint density at radius 2 is 2.04 bits per heavy atom. The van der Waals surface area contributed by atoms with Crippen molar-refractivity contribution < 1.29 is 14.7 Å². The molecular formula is C18H16ClNO3. The molecule has 0 heterocycles. The number of benzene rings is 2. The summed E-state index contributed by atoms with van der Waals surface area (Å²) in [6.07, 6.45) is 1.58. The van der Waals surface area contributed by atoms with Crippen molar-refractivity contribution in [3.63, 3.8) is 0 Å². The second-order valence-electron chi connectivity index (χ2n) is 5.72. The third kappa shape index (κ3) is 2.94. The lowest BCUT2D eigenvalue weighted by Crippen LogP contribution is -2.28. The molecule has 0 aromatic heterocycles. The van der Waals surface area contributed by atoms with Gasteiger partial charge in [0.05, 0.1) is 22.2 Å². The summed E-state index contributed by atoms with van der Waals surface area (Å²) in [5, 5.41) is 12.5. The van der Waals surface area contributed by atoms with E-state index in [-0.39, 0.29) is 17.5 Å². The van der Waals surface area contributed by atoms with Crippen LogP contribution in [0.1, 0.15) is 49.9 Å². The molecule has 2 aromatic carbocycles. The first kappa shape index (κ1) is 15.6. The molecule has 1 amide bonds. The number of carbonyl (C=O) groups is 2. The van der Waals surface area contributed by atoms with E-state index in [9.17, 15) is 9.59 Å². The molecule has 1 atom stereocenters. The van der Waals surface area contributed by atoms with Gasteiger partial charge in [-0.2, -0.15) is 0 Å². The second-order valence-corrected chi connectivity index (χ2v) is 6.12. The lowest BCUT2D eigenvalue weighted by Gasteiger charge is -2.16. The lowest BCUT2D eigenvalue weighted by atomic mass is 10.0. The number of carboxylic acids is 1. The number of hydrogen-bond acceptors (Lipinski definition) is 2. The molecule has 5 heteroatoms. The van der Waals surface area contributed by atoms with Crippen LogP contribution in [0.4, 0.5) is 0 Å². The highest BCUT2D eigenvalue weighted by atomic mass is 35.5. The number of aryl methyl sites for hydroxylation is 2. The Morgan fingerprint density at radius 3 is 2.74 bits per heavy atom. The molecule has 2 N–H and O–H groups in total. The van der Waals surface area contributed by atoms with Crippen LogP contribution in [-0.2, 0) is 6.42 Å². The van der Waals surface area contributed by atoms with Gasteiger partial charge in [-0.05, 0) is 54.7 Å². The van der Waals surface area contributed by atoms with Crippen LogP contribution in [-0.4, -0.2) is 17.0 Å². The topological polar surface area (TPSA) is 66.4 Å². The van der Waals surface area contributed by atoms with Crippen molar-refractivity contribution in [3.8, 4) is 0 Å². The van der Waals surface area contributed by atoms with Crippen LogP contribution >= 0.6 is 11.6 Å². The van der Waals surface area contributed by atoms with Gasteiger partial charge < -0.3 is 10.4 Å². The quantitative estimate of drug-likeness (QED) is 0.901. The van der Waals surface area contributed by atoms with Crippen molar-refractivity contribution in [2.75, 3.05) is 0 Å². The van der Waals surface area contributed by atoms with Crippen LogP contribution in [0.2, 0.25) is 5.02 Å². The molecule has 0 saturated heterocycles. The first-order chi connectivity index (χ1) is 11.0. The maximum absolute atomic E-state index is 12.6. The Balaban J connectivity index is 1.87. The van der Waals surface area contributed by atoms with E-state index in [1.54, 1.807) is 24.3 Å². The van der Waals surface area contributed by atoms with Gasteiger partial charge in [-0.1, -0.05) is 29.8 Å². The maximum Gasteiger partial charge on any atom is 0.335 e. The summed E-state index contributed by atoms with van der Waals surface area (Å²) < 4.78 is 0. The number of fused-ring (bicyclic) bond motifs is 1. The predicted octanol–water partition coefficient (Wildman–Crippen LogP) is 3.76. The maximum atomic E-state index is 12.6. The van der Waals surface area contributed by atoms with E-state index < -0.39 is 5.97 Å². The highest BCUT2D eigenvalue weighted by Crippen LogP contribution is 2.32. The largest absolute Gasteiger partial charge is 0.478 e. The molecule has 23 heavy (non-hydrogen) atoms. The minimum absolute atomic E-state index is 0.188. The van der Waals surface area contributed by atoms with Crippen molar-refractivity contribution in [2.24, 2.45) is 0 Å². The molecule has 0 saturated carbocycles. The highest BCUT2D eigenvalue weighted by molar-refractivity contribution is 6.34. The van der Waals surface area contributed by atoms with Gasteiger partial charge in [0.15, 0.2) is 0 Å². The van der Waals surface area contributed by atoms with Crippen molar-refractivity contribution in [2.45, 2.75) is 25.8 Å². The molecule has 0 spiro atoms. The van der Waals surface area contributed by atoms with Crippen molar-refractivity contribution in [3.05, 3.63) is 69.2 Å². The van der Waals surface area contributed by atoms with Gasteiger partial charge in [0, 0.05) is 0 Å². The van der Waals surface area contributed by atoms with Gasteiger partial charge in [0.2, 0.25) is 0 Å². The molecule has 1 aliphatic carbocycles. The van der Waals surface area contributed by atoms with Crippen molar-refractivity contribution in [1.82, 2.24) is 5.32 Å². The van der Waals surface area contributed by atoms with Gasteiger partial charge in [-0.3, -0.25) is 4.79 Å². The zero-order valence-corrected chi connectivity index (χ0v) is 13.4. The zero-order chi connectivity index (χ0) is 16.6. The number of rotatable bonds is 3. The number of nitrogens with one attached hydrogen (secondary N) is 1. The van der Waals surface area contributed by atoms with E-state index in [2.05, 4.69) is 5.32 Å². The van der Waals surface area contributed by atoms with Crippen molar-refractivity contribution in [1.29, 1.82) is 0 Å². The molecular weight excluding hydrogens is 314 g/mol. The Bertz CT molecular complexity index is 781. The monoisotopic (exact) mass is 329 g/mol. The van der Waals surface area contributed by atoms with E-state index in [4.69, 9.17) is 16.7 Å². The standard InChI is InChI=1S/C18H16ClNO3/c1-10-3-2-4-14(19)16(10)17(21)20-15-8-7-11-5-6-12(18(22)23)9-13(11)15/h2-6,9,15H,7-8H2,1H3,(H,20,21)(H,22,23). The molecule has 0 bridgehead atoms. The third-order valence-corrected chi connectivity index (χ3v) is 4.54. The molecule has 0 aliphatic heterocycles. The fourth-order valence-electron chi connectivity index (χ4n) is 3.04. The van der Waals surface area contributed by atoms with Crippen LogP contribution in [0.15, 0.2) is 36.4 Å². The van der Waals surface area contributed by atoms with Crippen LogP contribution in [0, 0.1) is 6.92 Å². The molecule has 4 nitrogen and oxygen atoms in total. The molecule has 2 aromatic rings. The normalized spacial score (nSPS) is 16.0. The Labute approximate surface area is 139 Å². The third-order valence-electron chi connectivity index (χ3n) is 4.22. The number of carboxylic acid groups (broad SMARTS) is 1. The van der Waals surface area contributed by atoms with Gasteiger partial charge in [0.25, 0.3) is 5.91 Å². The van der Waals surface area contributed by atoms with Crippen LogP contribution in [0.3, 0.4) is 0 Å². The number of aromatic carboxylic acids is 1. The van der Waals surface area contributed by atoms with E-state index in [0.717, 1.165) is 29.5 Å². The molecule has 1 unspecified atom stereocenters. The SMILES string of the molecule is Cc1cccc(Cl)c1C(=O)NC1CCc2ccc(C(=O)O)cc21. The second kappa shape index (κ2) is 6.05. The lowest BCUT2D eigenvalue weighted by molar-refractivity contribution is 0.0696. The smallest absolute Gasteiger partial charge is 0.335 e. The van der Waals surface area contributed by atoms with Gasteiger partial charge in [-0.15, -0.1) is 0 Å². The average molecular weight is 330 g/mol. The van der Waals surface area contributed by atoms with E-state index in [1.165, 1.54) is 0 Å². The van der Waals surface area contributed by atoms with E-state index >= 15 is 0 Å². The van der Waals surface area contributed by atoms with Gasteiger partial charge in [0.1, 0.15) is 0 Å². The van der Waals surface area contributed by atoms with Crippen LogP contribution in [0.5, 0.6) is 0 Å². The summed E-state index contributed by atoms with van der Waals surface area (Å²) >= 11 is 6.14. The molecule has 0 fully saturated rings. The molecule has 0 radical (unpaired) electrons. The van der Waals surface area contributed by atoms with Crippen LogP contribution < -0.4 is 5.32 Å². The number of carbonyl (C=O) groups excluding carboxylic acids is 1. The average Bonchev–Trinajstić information content (AvgIpc) is 2.89. The predicted molar refractivity (Wildman–Crippen MR) is 88.1 cm³/mol. The minimum Gasteiger partial charge on any atom is -0.478 e. The van der Waals surface area contributed by atoms with Gasteiger partial charge >= 0.3 is 5.97 Å². The Kier molecular flexibility index (Phi) is 4.09. The van der Waals surface area contributed by atoms with E-state index in [1.807, 2.05) is 19.1 Å². The first-order valence-corrected chi connectivity index (χ1v) is 7.77. The fraction of sp³-hybridized carbons (Fsp3) is 0.222. The minimum atomic E-state index is -0.966. The number of amides is 1. The summed E-state index contributed by atoms with van der Waals surface area (Å²) in [7, 11) is 0. The Hall–Kier alpha value is -2.33. The van der Waals surface area contributed by atoms with E-state index in [0.29, 0.717) is 10.6 Å². The summed E-state index contributed by atoms with van der Waals surface area (Å²) in [4.78, 5) is 23.7. The summed E-state index contributed by atoms with van der Waals surface area (Å²) in [6.45, 7) is 1.84.